The van der Waals surface area contributed by atoms with Gasteiger partial charge in [-0.25, -0.2) is 0 Å². The highest BCUT2D eigenvalue weighted by Crippen LogP contribution is 1.96. The second-order valence-corrected chi connectivity index (χ2v) is 2.76. The number of hydrogen-bond donors (Lipinski definition) is 3. The minimum Gasteiger partial charge on any atom is -0.394 e. The Hall–Kier alpha value is -0.200. The van der Waals surface area contributed by atoms with Crippen LogP contribution in [0, 0.1) is 0 Å². The minimum atomic E-state index is -0.553. The molecule has 5 heteroatoms. The topological polar surface area (TPSA) is 79.2 Å². The van der Waals surface area contributed by atoms with E-state index in [-0.39, 0.29) is 19.8 Å². The van der Waals surface area contributed by atoms with Crippen molar-refractivity contribution < 1.29 is 24.8 Å². The molecule has 0 aromatic rings. The van der Waals surface area contributed by atoms with Crippen molar-refractivity contribution in [1.82, 2.24) is 0 Å². The zero-order valence-corrected chi connectivity index (χ0v) is 7.85. The molecule has 0 fully saturated rings. The molecule has 0 aliphatic heterocycles. The number of hydrogen-bond acceptors (Lipinski definition) is 5. The van der Waals surface area contributed by atoms with Crippen LogP contribution in [0.5, 0.6) is 0 Å². The average Bonchev–Trinajstić information content (AvgIpc) is 2.13. The Kier molecular flexibility index (Phi) is 8.27. The van der Waals surface area contributed by atoms with Gasteiger partial charge in [0.25, 0.3) is 0 Å². The van der Waals surface area contributed by atoms with Gasteiger partial charge in [-0.05, 0) is 6.42 Å². The highest BCUT2D eigenvalue weighted by atomic mass is 16.5. The van der Waals surface area contributed by atoms with Gasteiger partial charge in [-0.3, -0.25) is 0 Å². The van der Waals surface area contributed by atoms with Crippen molar-refractivity contribution in [2.75, 3.05) is 33.5 Å². The molecule has 3 N–H and O–H groups in total. The summed E-state index contributed by atoms with van der Waals surface area (Å²) >= 11 is 0. The van der Waals surface area contributed by atoms with Crippen molar-refractivity contribution >= 4 is 0 Å². The summed E-state index contributed by atoms with van der Waals surface area (Å²) in [7, 11) is 1.51. The van der Waals surface area contributed by atoms with Gasteiger partial charge in [0, 0.05) is 13.7 Å². The number of ether oxygens (including phenoxy) is 2. The van der Waals surface area contributed by atoms with E-state index in [1.54, 1.807) is 0 Å². The number of rotatable bonds is 8. The Labute approximate surface area is 77.9 Å². The molecule has 0 aliphatic carbocycles. The normalized spacial score (nSPS) is 13.6. The van der Waals surface area contributed by atoms with Gasteiger partial charge in [0.15, 0.2) is 0 Å². The predicted octanol–water partition coefficient (Wildman–Crippen LogP) is -1.25. The van der Waals surface area contributed by atoms with Gasteiger partial charge in [0.05, 0.1) is 25.9 Å². The van der Waals surface area contributed by atoms with Crippen LogP contribution in [0.2, 0.25) is 0 Å². The van der Waals surface area contributed by atoms with Crippen LogP contribution in [-0.4, -0.2) is 61.1 Å². The quantitative estimate of drug-likeness (QED) is 0.450. The van der Waals surface area contributed by atoms with Crippen molar-refractivity contribution in [3.63, 3.8) is 0 Å². The molecule has 0 aromatic carbocycles. The van der Waals surface area contributed by atoms with E-state index < -0.39 is 12.2 Å². The summed E-state index contributed by atoms with van der Waals surface area (Å²) in [6.45, 7) is 0.149. The fourth-order valence-electron chi connectivity index (χ4n) is 0.810. The third-order valence-corrected chi connectivity index (χ3v) is 1.57. The highest BCUT2D eigenvalue weighted by Gasteiger charge is 2.07. The molecule has 0 amide bonds. The molecule has 0 aromatic heterocycles. The predicted molar refractivity (Wildman–Crippen MR) is 46.4 cm³/mol. The molecule has 0 aliphatic rings. The highest BCUT2D eigenvalue weighted by molar-refractivity contribution is 4.56. The molecular weight excluding hydrogens is 176 g/mol. The van der Waals surface area contributed by atoms with Gasteiger partial charge >= 0.3 is 0 Å². The summed E-state index contributed by atoms with van der Waals surface area (Å²) in [6.07, 6.45) is -0.664. The Balaban J connectivity index is 3.32. The lowest BCUT2D eigenvalue weighted by molar-refractivity contribution is -0.0369. The van der Waals surface area contributed by atoms with Gasteiger partial charge < -0.3 is 24.8 Å². The smallest absolute Gasteiger partial charge is 0.104 e. The monoisotopic (exact) mass is 194 g/mol. The lowest BCUT2D eigenvalue weighted by Gasteiger charge is -2.14. The van der Waals surface area contributed by atoms with Gasteiger partial charge in [0.1, 0.15) is 6.10 Å². The number of aliphatic hydroxyl groups excluding tert-OH is 3. The molecule has 1 atom stereocenters. The summed E-state index contributed by atoms with van der Waals surface area (Å²) in [4.78, 5) is 0. The van der Waals surface area contributed by atoms with Crippen LogP contribution in [0.3, 0.4) is 0 Å². The largest absolute Gasteiger partial charge is 0.394 e. The Morgan fingerprint density at radius 2 is 1.85 bits per heavy atom. The minimum absolute atomic E-state index is 0.211. The van der Waals surface area contributed by atoms with Crippen LogP contribution in [0.15, 0.2) is 0 Å². The van der Waals surface area contributed by atoms with E-state index in [0.717, 1.165) is 0 Å². The molecule has 0 rings (SSSR count). The first kappa shape index (κ1) is 12.8. The molecule has 1 unspecified atom stereocenters. The first-order valence-electron chi connectivity index (χ1n) is 4.24. The van der Waals surface area contributed by atoms with Crippen molar-refractivity contribution in [2.45, 2.75) is 18.6 Å². The zero-order valence-electron chi connectivity index (χ0n) is 7.85. The fourth-order valence-corrected chi connectivity index (χ4v) is 0.810. The van der Waals surface area contributed by atoms with Crippen molar-refractivity contribution in [1.29, 1.82) is 0 Å². The summed E-state index contributed by atoms with van der Waals surface area (Å²) < 4.78 is 9.75. The molecule has 0 heterocycles. The first-order valence-corrected chi connectivity index (χ1v) is 4.24. The molecule has 80 valence electrons. The summed E-state index contributed by atoms with van der Waals surface area (Å²) in [6, 6.07) is 0. The number of methoxy groups -OCH3 is 1. The summed E-state index contributed by atoms with van der Waals surface area (Å²) in [5.74, 6) is 0. The van der Waals surface area contributed by atoms with Gasteiger partial charge in [0.2, 0.25) is 0 Å². The van der Waals surface area contributed by atoms with Gasteiger partial charge in [-0.15, -0.1) is 0 Å². The first-order chi connectivity index (χ1) is 6.24. The van der Waals surface area contributed by atoms with E-state index in [1.165, 1.54) is 7.11 Å². The average molecular weight is 194 g/mol. The van der Waals surface area contributed by atoms with Crippen molar-refractivity contribution in [2.24, 2.45) is 0 Å². The maximum atomic E-state index is 9.18. The van der Waals surface area contributed by atoms with E-state index in [1.807, 2.05) is 0 Å². The fraction of sp³-hybridized carbons (Fsp3) is 1.00. The third kappa shape index (κ3) is 6.92. The lowest BCUT2D eigenvalue weighted by Crippen LogP contribution is -2.25. The van der Waals surface area contributed by atoms with E-state index in [2.05, 4.69) is 0 Å². The molecule has 0 spiro atoms. The second kappa shape index (κ2) is 8.40. The van der Waals surface area contributed by atoms with Crippen LogP contribution in [0.1, 0.15) is 6.42 Å². The maximum Gasteiger partial charge on any atom is 0.104 e. The van der Waals surface area contributed by atoms with E-state index >= 15 is 0 Å². The molecule has 0 saturated carbocycles. The van der Waals surface area contributed by atoms with Gasteiger partial charge in [-0.2, -0.15) is 0 Å². The second-order valence-electron chi connectivity index (χ2n) is 2.76. The molecule has 0 bridgehead atoms. The van der Waals surface area contributed by atoms with Crippen LogP contribution in [-0.2, 0) is 9.47 Å². The third-order valence-electron chi connectivity index (χ3n) is 1.57. The standard InChI is InChI=1S/C8H18O5/c1-12-6-7(11)2-3-13-8(4-9)5-10/h7-11H,2-6H2,1H3. The maximum absolute atomic E-state index is 9.18. The molecular formula is C8H18O5. The molecule has 13 heavy (non-hydrogen) atoms. The van der Waals surface area contributed by atoms with Gasteiger partial charge in [-0.1, -0.05) is 0 Å². The van der Waals surface area contributed by atoms with E-state index in [9.17, 15) is 5.11 Å². The number of aliphatic hydroxyl groups is 3. The Bertz CT molecular complexity index is 105. The zero-order chi connectivity index (χ0) is 10.1. The van der Waals surface area contributed by atoms with Crippen LogP contribution in [0.25, 0.3) is 0 Å². The van der Waals surface area contributed by atoms with Crippen LogP contribution >= 0.6 is 0 Å². The van der Waals surface area contributed by atoms with Crippen LogP contribution < -0.4 is 0 Å². The SMILES string of the molecule is COCC(O)CCOC(CO)CO. The summed E-state index contributed by atoms with van der Waals surface area (Å²) in [5.41, 5.74) is 0. The van der Waals surface area contributed by atoms with Crippen molar-refractivity contribution in [3.05, 3.63) is 0 Å². The van der Waals surface area contributed by atoms with E-state index in [4.69, 9.17) is 19.7 Å². The lowest BCUT2D eigenvalue weighted by atomic mass is 10.3. The molecule has 5 nitrogen and oxygen atoms in total. The Morgan fingerprint density at radius 3 is 2.31 bits per heavy atom. The van der Waals surface area contributed by atoms with Crippen molar-refractivity contribution in [3.8, 4) is 0 Å². The molecule has 0 saturated heterocycles. The summed E-state index contributed by atoms with van der Waals surface area (Å²) in [5, 5.41) is 26.4. The van der Waals surface area contributed by atoms with Crippen LogP contribution in [0.4, 0.5) is 0 Å². The van der Waals surface area contributed by atoms with E-state index in [0.29, 0.717) is 13.0 Å². The Morgan fingerprint density at radius 1 is 1.23 bits per heavy atom. The molecule has 0 radical (unpaired) electrons.